The lowest BCUT2D eigenvalue weighted by molar-refractivity contribution is -0.148. The number of aliphatic hydroxyl groups is 1. The lowest BCUT2D eigenvalue weighted by Gasteiger charge is -2.56. The Hall–Kier alpha value is -2.66. The minimum atomic E-state index is -0.659. The fraction of sp³-hybridized carbons (Fsp3) is 0.654. The lowest BCUT2D eigenvalue weighted by Crippen LogP contribution is -2.59. The minimum absolute atomic E-state index is 0.00781. The second-order valence-electron chi connectivity index (χ2n) is 10.4. The van der Waals surface area contributed by atoms with Crippen molar-refractivity contribution >= 4 is 17.6 Å². The Labute approximate surface area is 201 Å². The van der Waals surface area contributed by atoms with E-state index >= 15 is 0 Å². The Morgan fingerprint density at radius 1 is 1.35 bits per heavy atom. The quantitative estimate of drug-likeness (QED) is 0.578. The van der Waals surface area contributed by atoms with Crippen molar-refractivity contribution < 1.29 is 19.1 Å². The molecule has 7 nitrogen and oxygen atoms in total. The molecule has 0 aliphatic heterocycles. The van der Waals surface area contributed by atoms with Crippen molar-refractivity contribution in [3.8, 4) is 6.07 Å². The molecule has 0 unspecified atom stereocenters. The molecule has 8 heteroatoms. The van der Waals surface area contributed by atoms with Crippen molar-refractivity contribution in [2.75, 3.05) is 18.9 Å². The topological polar surface area (TPSA) is 105 Å². The molecule has 34 heavy (non-hydrogen) atoms. The van der Waals surface area contributed by atoms with Gasteiger partial charge in [0.2, 0.25) is 5.91 Å². The van der Waals surface area contributed by atoms with Gasteiger partial charge in [-0.3, -0.25) is 4.79 Å². The highest BCUT2D eigenvalue weighted by Crippen LogP contribution is 2.55. The number of nitriles is 1. The highest BCUT2D eigenvalue weighted by molar-refractivity contribution is 5.89. The van der Waals surface area contributed by atoms with E-state index in [1.807, 2.05) is 6.92 Å². The first kappa shape index (κ1) is 26.0. The first-order chi connectivity index (χ1) is 16.1. The van der Waals surface area contributed by atoms with Crippen LogP contribution < -0.4 is 10.6 Å². The molecule has 2 saturated carbocycles. The monoisotopic (exact) mass is 472 g/mol. The third-order valence-electron chi connectivity index (χ3n) is 8.25. The number of carbonyl (C=O) groups excluding carboxylic acids is 2. The summed E-state index contributed by atoms with van der Waals surface area (Å²) >= 11 is 0. The molecule has 2 fully saturated rings. The number of urea groups is 1. The van der Waals surface area contributed by atoms with Gasteiger partial charge >= 0.3 is 6.03 Å². The highest BCUT2D eigenvalue weighted by Gasteiger charge is 2.54. The molecular formula is C26H37FN4O3. The zero-order chi connectivity index (χ0) is 25.0. The fourth-order valence-electron chi connectivity index (χ4n) is 6.26. The molecule has 2 aliphatic rings. The maximum Gasteiger partial charge on any atom is 0.319 e. The number of carbonyl (C=O) groups is 2. The van der Waals surface area contributed by atoms with Crippen LogP contribution in [0.4, 0.5) is 14.9 Å². The van der Waals surface area contributed by atoms with E-state index in [1.165, 1.54) is 12.1 Å². The third kappa shape index (κ3) is 5.52. The molecule has 1 aromatic rings. The van der Waals surface area contributed by atoms with Gasteiger partial charge in [0, 0.05) is 31.2 Å². The minimum Gasteiger partial charge on any atom is -0.392 e. The maximum atomic E-state index is 13.4. The van der Waals surface area contributed by atoms with Gasteiger partial charge in [0.25, 0.3) is 0 Å². The fourth-order valence-corrected chi connectivity index (χ4v) is 6.26. The van der Waals surface area contributed by atoms with E-state index in [0.717, 1.165) is 25.7 Å². The van der Waals surface area contributed by atoms with Gasteiger partial charge < -0.3 is 20.6 Å². The Morgan fingerprint density at radius 3 is 2.74 bits per heavy atom. The van der Waals surface area contributed by atoms with Crippen LogP contribution in [-0.2, 0) is 4.79 Å². The third-order valence-corrected chi connectivity index (χ3v) is 8.25. The van der Waals surface area contributed by atoms with Crippen LogP contribution in [0.25, 0.3) is 0 Å². The second kappa shape index (κ2) is 10.7. The summed E-state index contributed by atoms with van der Waals surface area (Å²) in [5.74, 6) is -1.03. The number of halogens is 1. The van der Waals surface area contributed by atoms with Crippen molar-refractivity contribution in [3.05, 3.63) is 30.1 Å². The summed E-state index contributed by atoms with van der Waals surface area (Å²) in [6, 6.07) is 7.30. The first-order valence-corrected chi connectivity index (χ1v) is 12.2. The van der Waals surface area contributed by atoms with E-state index < -0.39 is 18.0 Å². The normalized spacial score (nSPS) is 31.5. The van der Waals surface area contributed by atoms with Gasteiger partial charge in [-0.05, 0) is 67.1 Å². The Kier molecular flexibility index (Phi) is 8.19. The largest absolute Gasteiger partial charge is 0.392 e. The number of fused-ring (bicyclic) bond motifs is 1. The predicted octanol–water partition coefficient (Wildman–Crippen LogP) is 4.15. The first-order valence-electron chi connectivity index (χ1n) is 12.2. The van der Waals surface area contributed by atoms with Gasteiger partial charge in [-0.15, -0.1) is 0 Å². The molecule has 0 spiro atoms. The Bertz CT molecular complexity index is 935. The molecule has 0 heterocycles. The van der Waals surface area contributed by atoms with Crippen LogP contribution in [0.2, 0.25) is 0 Å². The Morgan fingerprint density at radius 2 is 2.06 bits per heavy atom. The average molecular weight is 473 g/mol. The van der Waals surface area contributed by atoms with Gasteiger partial charge in [-0.2, -0.15) is 5.26 Å². The molecule has 0 radical (unpaired) electrons. The van der Waals surface area contributed by atoms with E-state index in [4.69, 9.17) is 5.26 Å². The molecule has 3 amide bonds. The molecule has 2 aliphatic carbocycles. The number of nitrogens with zero attached hydrogens (tertiary/aromatic N) is 2. The molecule has 7 atom stereocenters. The lowest BCUT2D eigenvalue weighted by atomic mass is 9.51. The summed E-state index contributed by atoms with van der Waals surface area (Å²) in [6.45, 7) is 6.53. The van der Waals surface area contributed by atoms with Crippen molar-refractivity contribution in [2.45, 2.75) is 65.0 Å². The smallest absolute Gasteiger partial charge is 0.319 e. The van der Waals surface area contributed by atoms with Crippen LogP contribution in [0, 0.1) is 46.2 Å². The second-order valence-corrected chi connectivity index (χ2v) is 10.4. The highest BCUT2D eigenvalue weighted by atomic mass is 19.1. The number of nitrogens with one attached hydrogen (secondary N) is 2. The van der Waals surface area contributed by atoms with Crippen LogP contribution in [0.3, 0.4) is 0 Å². The molecule has 3 rings (SSSR count). The summed E-state index contributed by atoms with van der Waals surface area (Å²) in [6.07, 6.45) is 3.00. The summed E-state index contributed by atoms with van der Waals surface area (Å²) in [5, 5.41) is 26.0. The van der Waals surface area contributed by atoms with E-state index in [9.17, 15) is 19.1 Å². The number of hydrogen-bond acceptors (Lipinski definition) is 4. The molecular weight excluding hydrogens is 435 g/mol. The number of benzene rings is 1. The SMILES string of the molecule is C[C@@H]1[C@@H]2[C@@H](O)[C@H]([C@H](C)C(=O)N(C)CCC#N)CC[C@]2(C)CC[C@@H]1NC(=O)Nc1cccc(F)c1. The van der Waals surface area contributed by atoms with Gasteiger partial charge in [-0.25, -0.2) is 9.18 Å². The zero-order valence-electron chi connectivity index (χ0n) is 20.6. The number of aliphatic hydroxyl groups excluding tert-OH is 1. The van der Waals surface area contributed by atoms with Crippen LogP contribution in [0.1, 0.15) is 52.9 Å². The molecule has 186 valence electrons. The molecule has 3 N–H and O–H groups in total. The summed E-state index contributed by atoms with van der Waals surface area (Å²) in [7, 11) is 1.70. The van der Waals surface area contributed by atoms with Gasteiger partial charge in [0.15, 0.2) is 0 Å². The molecule has 0 aromatic heterocycles. The maximum absolute atomic E-state index is 13.4. The van der Waals surface area contributed by atoms with Crippen molar-refractivity contribution in [1.29, 1.82) is 5.26 Å². The van der Waals surface area contributed by atoms with Crippen molar-refractivity contribution in [2.24, 2.45) is 29.1 Å². The van der Waals surface area contributed by atoms with Gasteiger partial charge in [-0.1, -0.05) is 26.8 Å². The van der Waals surface area contributed by atoms with Crippen LogP contribution >= 0.6 is 0 Å². The van der Waals surface area contributed by atoms with Crippen LogP contribution in [0.5, 0.6) is 0 Å². The standard InChI is InChI=1S/C26H37FN4O3/c1-16(24(33)31(4)14-6-13-28)20-9-11-26(3)12-10-21(17(2)22(26)23(20)32)30-25(34)29-19-8-5-7-18(27)15-19/h5,7-8,15-17,20-23,32H,6,9-12,14H2,1-4H3,(H2,29,30,34)/t16-,17-,20-,21-,22+,23-,26+/m0/s1. The number of rotatable bonds is 6. The zero-order valence-corrected chi connectivity index (χ0v) is 20.6. The molecule has 0 saturated heterocycles. The van der Waals surface area contributed by atoms with Crippen molar-refractivity contribution in [3.63, 3.8) is 0 Å². The van der Waals surface area contributed by atoms with Crippen molar-refractivity contribution in [1.82, 2.24) is 10.2 Å². The molecule has 1 aromatic carbocycles. The number of amides is 3. The summed E-state index contributed by atoms with van der Waals surface area (Å²) in [5.41, 5.74) is 0.332. The van der Waals surface area contributed by atoms with E-state index in [-0.39, 0.29) is 47.5 Å². The van der Waals surface area contributed by atoms with Crippen LogP contribution in [0.15, 0.2) is 24.3 Å². The predicted molar refractivity (Wildman–Crippen MR) is 128 cm³/mol. The molecule has 0 bridgehead atoms. The average Bonchev–Trinajstić information content (AvgIpc) is 2.78. The Balaban J connectivity index is 1.68. The summed E-state index contributed by atoms with van der Waals surface area (Å²) < 4.78 is 13.4. The van der Waals surface area contributed by atoms with E-state index in [1.54, 1.807) is 24.1 Å². The van der Waals surface area contributed by atoms with E-state index in [2.05, 4.69) is 30.6 Å². The number of anilines is 1. The van der Waals surface area contributed by atoms with E-state index in [0.29, 0.717) is 12.2 Å². The van der Waals surface area contributed by atoms with Gasteiger partial charge in [0.05, 0.1) is 18.6 Å². The summed E-state index contributed by atoms with van der Waals surface area (Å²) in [4.78, 5) is 27.1. The number of hydrogen-bond donors (Lipinski definition) is 3. The van der Waals surface area contributed by atoms with Crippen LogP contribution in [-0.4, -0.2) is 47.7 Å². The van der Waals surface area contributed by atoms with Gasteiger partial charge in [0.1, 0.15) is 5.82 Å².